The Morgan fingerprint density at radius 2 is 1.47 bits per heavy atom. The molecule has 2 heterocycles. The van der Waals surface area contributed by atoms with Crippen LogP contribution in [0.5, 0.6) is 0 Å². The molecule has 1 fully saturated rings. The first kappa shape index (κ1) is 23.2. The van der Waals surface area contributed by atoms with Crippen LogP contribution >= 0.6 is 0 Å². The summed E-state index contributed by atoms with van der Waals surface area (Å²) in [5.74, 6) is -3.03. The van der Waals surface area contributed by atoms with Gasteiger partial charge in [0.05, 0.1) is 11.1 Å². The lowest BCUT2D eigenvalue weighted by Gasteiger charge is -2.35. The van der Waals surface area contributed by atoms with Crippen LogP contribution < -0.4 is 0 Å². The van der Waals surface area contributed by atoms with Crippen molar-refractivity contribution in [1.29, 1.82) is 0 Å². The zero-order valence-corrected chi connectivity index (χ0v) is 18.8. The molecule has 2 aromatic carbocycles. The van der Waals surface area contributed by atoms with Crippen molar-refractivity contribution in [3.8, 4) is 0 Å². The fourth-order valence-corrected chi connectivity index (χ4v) is 4.39. The summed E-state index contributed by atoms with van der Waals surface area (Å²) in [5.41, 5.74) is 1.93. The third-order valence-corrected chi connectivity index (χ3v) is 6.24. The number of aliphatic carboxylic acids is 1. The summed E-state index contributed by atoms with van der Waals surface area (Å²) >= 11 is 0. The van der Waals surface area contributed by atoms with E-state index in [9.17, 15) is 29.1 Å². The van der Waals surface area contributed by atoms with Crippen LogP contribution in [0.25, 0.3) is 0 Å². The summed E-state index contributed by atoms with van der Waals surface area (Å²) in [6.07, 6.45) is -0.307. The number of carboxylic acid groups (broad SMARTS) is 1. The zero-order valence-electron chi connectivity index (χ0n) is 18.8. The molecule has 0 radical (unpaired) electrons. The summed E-state index contributed by atoms with van der Waals surface area (Å²) in [6.45, 7) is 3.33. The maximum atomic E-state index is 12.8. The molecule has 0 saturated carbocycles. The summed E-state index contributed by atoms with van der Waals surface area (Å²) in [6, 6.07) is 12.1. The maximum absolute atomic E-state index is 12.8. The van der Waals surface area contributed by atoms with Gasteiger partial charge in [-0.3, -0.25) is 24.1 Å². The number of carbonyl (C=O) groups is 5. The molecule has 0 aromatic heterocycles. The Labute approximate surface area is 196 Å². The average molecular weight is 463 g/mol. The minimum atomic E-state index is -1.43. The molecule has 2 aliphatic heterocycles. The van der Waals surface area contributed by atoms with E-state index in [0.717, 1.165) is 10.5 Å². The standard InChI is InChI=1S/C25H25N3O6/c1-16-5-4-6-17(15-16)22(30)27-13-11-26(12-14-27)21(29)10-9-20(25(33)34)28-23(31)18-7-2-3-8-19(18)24(28)32/h2-8,15,20H,9-14H2,1H3,(H,33,34)/t20-/m0/s1. The van der Waals surface area contributed by atoms with Crippen molar-refractivity contribution in [1.82, 2.24) is 14.7 Å². The Kier molecular flexibility index (Phi) is 6.45. The molecule has 0 aliphatic carbocycles. The van der Waals surface area contributed by atoms with Gasteiger partial charge < -0.3 is 14.9 Å². The van der Waals surface area contributed by atoms with Crippen molar-refractivity contribution in [2.45, 2.75) is 25.8 Å². The van der Waals surface area contributed by atoms with Crippen LogP contribution in [0.3, 0.4) is 0 Å². The first-order valence-electron chi connectivity index (χ1n) is 11.1. The molecule has 176 valence electrons. The normalized spacial score (nSPS) is 16.4. The first-order valence-corrected chi connectivity index (χ1v) is 11.1. The quantitative estimate of drug-likeness (QED) is 0.654. The topological polar surface area (TPSA) is 115 Å². The molecule has 4 amide bonds. The molecule has 0 spiro atoms. The monoisotopic (exact) mass is 463 g/mol. The molecule has 2 aliphatic rings. The second-order valence-corrected chi connectivity index (χ2v) is 8.46. The Morgan fingerprint density at radius 3 is 2.03 bits per heavy atom. The predicted molar refractivity (Wildman–Crippen MR) is 121 cm³/mol. The molecular weight excluding hydrogens is 438 g/mol. The van der Waals surface area contributed by atoms with Gasteiger partial charge in [-0.05, 0) is 37.6 Å². The lowest BCUT2D eigenvalue weighted by Crippen LogP contribution is -2.51. The number of imide groups is 1. The summed E-state index contributed by atoms with van der Waals surface area (Å²) in [5, 5.41) is 9.68. The number of hydrogen-bond acceptors (Lipinski definition) is 5. The van der Waals surface area contributed by atoms with Gasteiger partial charge >= 0.3 is 5.97 Å². The van der Waals surface area contributed by atoms with Crippen LogP contribution in [0, 0.1) is 6.92 Å². The third-order valence-electron chi connectivity index (χ3n) is 6.24. The van der Waals surface area contributed by atoms with Crippen LogP contribution in [-0.4, -0.2) is 81.6 Å². The predicted octanol–water partition coefficient (Wildman–Crippen LogP) is 1.81. The number of carboxylic acids is 1. The number of rotatable bonds is 6. The van der Waals surface area contributed by atoms with E-state index < -0.39 is 23.8 Å². The molecular formula is C25H25N3O6. The second-order valence-electron chi connectivity index (χ2n) is 8.46. The Hall–Kier alpha value is -4.01. The lowest BCUT2D eigenvalue weighted by atomic mass is 10.1. The van der Waals surface area contributed by atoms with Crippen molar-refractivity contribution in [3.05, 3.63) is 70.8 Å². The van der Waals surface area contributed by atoms with Gasteiger partial charge in [-0.1, -0.05) is 29.8 Å². The van der Waals surface area contributed by atoms with E-state index in [1.807, 2.05) is 25.1 Å². The van der Waals surface area contributed by atoms with E-state index in [0.29, 0.717) is 31.7 Å². The van der Waals surface area contributed by atoms with Crippen LogP contribution in [-0.2, 0) is 9.59 Å². The van der Waals surface area contributed by atoms with E-state index in [1.54, 1.807) is 28.0 Å². The van der Waals surface area contributed by atoms with Gasteiger partial charge in [0.2, 0.25) is 5.91 Å². The molecule has 0 bridgehead atoms. The van der Waals surface area contributed by atoms with Crippen molar-refractivity contribution in [2.75, 3.05) is 26.2 Å². The number of carbonyl (C=O) groups excluding carboxylic acids is 4. The number of fused-ring (bicyclic) bond motifs is 1. The van der Waals surface area contributed by atoms with Crippen molar-refractivity contribution in [3.63, 3.8) is 0 Å². The Balaban J connectivity index is 1.34. The van der Waals surface area contributed by atoms with E-state index in [4.69, 9.17) is 0 Å². The van der Waals surface area contributed by atoms with Gasteiger partial charge in [-0.2, -0.15) is 0 Å². The molecule has 4 rings (SSSR count). The van der Waals surface area contributed by atoms with Crippen molar-refractivity contribution in [2.24, 2.45) is 0 Å². The minimum Gasteiger partial charge on any atom is -0.480 e. The largest absolute Gasteiger partial charge is 0.480 e. The Morgan fingerprint density at radius 1 is 0.882 bits per heavy atom. The minimum absolute atomic E-state index is 0.0904. The number of aryl methyl sites for hydroxylation is 1. The number of nitrogens with zero attached hydrogens (tertiary/aromatic N) is 3. The molecule has 34 heavy (non-hydrogen) atoms. The highest BCUT2D eigenvalue weighted by atomic mass is 16.4. The van der Waals surface area contributed by atoms with E-state index in [2.05, 4.69) is 0 Å². The van der Waals surface area contributed by atoms with Crippen molar-refractivity contribution < 1.29 is 29.1 Å². The zero-order chi connectivity index (χ0) is 24.4. The number of amides is 4. The van der Waals surface area contributed by atoms with E-state index in [1.165, 1.54) is 12.1 Å². The van der Waals surface area contributed by atoms with Gasteiger partial charge in [-0.25, -0.2) is 4.79 Å². The highest BCUT2D eigenvalue weighted by Crippen LogP contribution is 2.26. The Bertz CT molecular complexity index is 1130. The fraction of sp³-hybridized carbons (Fsp3) is 0.320. The number of benzene rings is 2. The second kappa shape index (κ2) is 9.46. The van der Waals surface area contributed by atoms with Gasteiger partial charge in [-0.15, -0.1) is 0 Å². The van der Waals surface area contributed by atoms with Crippen LogP contribution in [0.4, 0.5) is 0 Å². The van der Waals surface area contributed by atoms with Gasteiger partial charge in [0.25, 0.3) is 17.7 Å². The molecule has 1 saturated heterocycles. The molecule has 1 N–H and O–H groups in total. The van der Waals surface area contributed by atoms with Gasteiger partial charge in [0.15, 0.2) is 0 Å². The fourth-order valence-electron chi connectivity index (χ4n) is 4.39. The lowest BCUT2D eigenvalue weighted by molar-refractivity contribution is -0.142. The van der Waals surface area contributed by atoms with Gasteiger partial charge in [0.1, 0.15) is 6.04 Å². The van der Waals surface area contributed by atoms with Crippen LogP contribution in [0.1, 0.15) is 49.5 Å². The summed E-state index contributed by atoms with van der Waals surface area (Å²) in [4.78, 5) is 66.6. The van der Waals surface area contributed by atoms with Crippen LogP contribution in [0.15, 0.2) is 48.5 Å². The maximum Gasteiger partial charge on any atom is 0.326 e. The summed E-state index contributed by atoms with van der Waals surface area (Å²) < 4.78 is 0. The molecule has 1 atom stereocenters. The molecule has 2 aromatic rings. The van der Waals surface area contributed by atoms with E-state index >= 15 is 0 Å². The first-order chi connectivity index (χ1) is 16.3. The number of hydrogen-bond donors (Lipinski definition) is 1. The highest BCUT2D eigenvalue weighted by Gasteiger charge is 2.43. The summed E-state index contributed by atoms with van der Waals surface area (Å²) in [7, 11) is 0. The molecule has 9 nitrogen and oxygen atoms in total. The van der Waals surface area contributed by atoms with Crippen LogP contribution in [0.2, 0.25) is 0 Å². The SMILES string of the molecule is Cc1cccc(C(=O)N2CCN(C(=O)CC[C@@H](C(=O)O)N3C(=O)c4ccccc4C3=O)CC2)c1. The average Bonchev–Trinajstić information content (AvgIpc) is 3.09. The van der Waals surface area contributed by atoms with E-state index in [-0.39, 0.29) is 35.8 Å². The highest BCUT2D eigenvalue weighted by molar-refractivity contribution is 6.22. The van der Waals surface area contributed by atoms with Gasteiger partial charge in [0, 0.05) is 38.2 Å². The smallest absolute Gasteiger partial charge is 0.326 e. The third kappa shape index (κ3) is 4.41. The van der Waals surface area contributed by atoms with Crippen molar-refractivity contribution >= 4 is 29.6 Å². The number of piperazine rings is 1. The molecule has 9 heteroatoms. The molecule has 0 unspecified atom stereocenters.